The first-order chi connectivity index (χ1) is 19.5. The van der Waals surface area contributed by atoms with Crippen LogP contribution in [0.25, 0.3) is 32.5 Å². The van der Waals surface area contributed by atoms with E-state index in [0.29, 0.717) is 37.7 Å². The maximum Gasteiger partial charge on any atom is 0.223 e. The summed E-state index contributed by atoms with van der Waals surface area (Å²) in [6, 6.07) is 8.24. The lowest BCUT2D eigenvalue weighted by atomic mass is 10.1. The SMILES string of the molecule is C=C(C)C(=O)CCC(=O)N1CCN(Cc2cc3nc(-c4cccc5[nH]ncc45)nc(N4CCOCC4)c3s2)CC1. The van der Waals surface area contributed by atoms with Crippen LogP contribution in [0.15, 0.2) is 42.6 Å². The summed E-state index contributed by atoms with van der Waals surface area (Å²) in [6.45, 7) is 12.0. The van der Waals surface area contributed by atoms with Crippen molar-refractivity contribution in [2.24, 2.45) is 0 Å². The van der Waals surface area contributed by atoms with E-state index in [1.54, 1.807) is 18.3 Å². The summed E-state index contributed by atoms with van der Waals surface area (Å²) in [6.07, 6.45) is 2.31. The quantitative estimate of drug-likeness (QED) is 0.326. The van der Waals surface area contributed by atoms with Gasteiger partial charge in [-0.25, -0.2) is 9.97 Å². The Labute approximate surface area is 236 Å². The first-order valence-corrected chi connectivity index (χ1v) is 14.5. The molecule has 0 atom stereocenters. The van der Waals surface area contributed by atoms with E-state index in [9.17, 15) is 9.59 Å². The minimum absolute atomic E-state index is 0.0408. The van der Waals surface area contributed by atoms with E-state index >= 15 is 0 Å². The molecule has 0 spiro atoms. The monoisotopic (exact) mass is 559 g/mol. The molecular weight excluding hydrogens is 526 g/mol. The molecule has 5 heterocycles. The molecule has 1 N–H and O–H groups in total. The third-order valence-electron chi connectivity index (χ3n) is 7.59. The summed E-state index contributed by atoms with van der Waals surface area (Å²) in [4.78, 5) is 42.3. The highest BCUT2D eigenvalue weighted by molar-refractivity contribution is 7.19. The third-order valence-corrected chi connectivity index (χ3v) is 8.69. The van der Waals surface area contributed by atoms with Crippen LogP contribution in [0.1, 0.15) is 24.6 Å². The molecule has 11 heteroatoms. The highest BCUT2D eigenvalue weighted by Gasteiger charge is 2.24. The number of Topliss-reactive ketones (excluding diaryl/α,β-unsaturated/α-hetero) is 1. The molecule has 208 valence electrons. The maximum atomic E-state index is 12.6. The fourth-order valence-electron chi connectivity index (χ4n) is 5.28. The average Bonchev–Trinajstić information content (AvgIpc) is 3.62. The standard InChI is InChI=1S/C29H33N7O3S/c1-19(2)25(37)6-7-26(38)35-10-8-34(9-11-35)18-20-16-24-27(40-20)29(36-12-14-39-15-13-36)32-28(31-24)21-4-3-5-23-22(21)17-30-33-23/h3-5,16-17H,1,6-15,18H2,2H3,(H,30,33). The summed E-state index contributed by atoms with van der Waals surface area (Å²) in [5.74, 6) is 1.66. The van der Waals surface area contributed by atoms with Crippen molar-refractivity contribution in [1.29, 1.82) is 0 Å². The number of nitrogens with one attached hydrogen (secondary N) is 1. The first kappa shape index (κ1) is 26.5. The lowest BCUT2D eigenvalue weighted by Crippen LogP contribution is -2.48. The smallest absolute Gasteiger partial charge is 0.223 e. The van der Waals surface area contributed by atoms with Crippen LogP contribution in [-0.2, 0) is 20.9 Å². The molecule has 0 bridgehead atoms. The van der Waals surface area contributed by atoms with Gasteiger partial charge in [-0.3, -0.25) is 19.6 Å². The molecule has 0 unspecified atom stereocenters. The number of thiophene rings is 1. The average molecular weight is 560 g/mol. The van der Waals surface area contributed by atoms with Gasteiger partial charge in [0, 0.05) is 74.5 Å². The van der Waals surface area contributed by atoms with Crippen LogP contribution in [0, 0.1) is 0 Å². The Bertz CT molecular complexity index is 1560. The van der Waals surface area contributed by atoms with Crippen molar-refractivity contribution in [3.8, 4) is 11.4 Å². The number of rotatable bonds is 8. The molecule has 3 aromatic heterocycles. The van der Waals surface area contributed by atoms with Crippen molar-refractivity contribution in [1.82, 2.24) is 30.0 Å². The zero-order chi connectivity index (χ0) is 27.6. The largest absolute Gasteiger partial charge is 0.378 e. The summed E-state index contributed by atoms with van der Waals surface area (Å²) in [5.41, 5.74) is 3.37. The van der Waals surface area contributed by atoms with Crippen LogP contribution in [0.2, 0.25) is 0 Å². The molecule has 1 amide bonds. The van der Waals surface area contributed by atoms with Gasteiger partial charge in [0.25, 0.3) is 0 Å². The van der Waals surface area contributed by atoms with Gasteiger partial charge in [-0.15, -0.1) is 11.3 Å². The molecule has 4 aromatic rings. The summed E-state index contributed by atoms with van der Waals surface area (Å²) < 4.78 is 6.71. The van der Waals surface area contributed by atoms with Gasteiger partial charge in [-0.2, -0.15) is 5.10 Å². The van der Waals surface area contributed by atoms with Crippen LogP contribution in [0.5, 0.6) is 0 Å². The molecule has 0 aliphatic carbocycles. The third kappa shape index (κ3) is 5.49. The molecule has 6 rings (SSSR count). The van der Waals surface area contributed by atoms with Crippen LogP contribution >= 0.6 is 11.3 Å². The van der Waals surface area contributed by atoms with E-state index < -0.39 is 0 Å². The number of carbonyl (C=O) groups is 2. The number of H-pyrrole nitrogens is 1. The predicted molar refractivity (Wildman–Crippen MR) is 156 cm³/mol. The van der Waals surface area contributed by atoms with Gasteiger partial charge in [0.05, 0.1) is 35.1 Å². The number of ketones is 1. The Kier molecular flexibility index (Phi) is 7.59. The maximum absolute atomic E-state index is 12.6. The lowest BCUT2D eigenvalue weighted by molar-refractivity contribution is -0.134. The summed E-state index contributed by atoms with van der Waals surface area (Å²) in [5, 5.41) is 8.26. The number of hydrogen-bond donors (Lipinski definition) is 1. The number of allylic oxidation sites excluding steroid dienone is 1. The topological polar surface area (TPSA) is 108 Å². The summed E-state index contributed by atoms with van der Waals surface area (Å²) >= 11 is 1.75. The number of fused-ring (bicyclic) bond motifs is 2. The Balaban J connectivity index is 1.21. The minimum atomic E-state index is -0.0408. The van der Waals surface area contributed by atoms with Crippen molar-refractivity contribution in [2.45, 2.75) is 26.3 Å². The molecule has 2 saturated heterocycles. The predicted octanol–water partition coefficient (Wildman–Crippen LogP) is 3.64. The lowest BCUT2D eigenvalue weighted by Gasteiger charge is -2.34. The van der Waals surface area contributed by atoms with Gasteiger partial charge in [0.2, 0.25) is 5.91 Å². The zero-order valence-electron chi connectivity index (χ0n) is 22.7. The van der Waals surface area contributed by atoms with Gasteiger partial charge >= 0.3 is 0 Å². The Morgan fingerprint density at radius 3 is 2.65 bits per heavy atom. The second kappa shape index (κ2) is 11.4. The van der Waals surface area contributed by atoms with Gasteiger partial charge in [0.15, 0.2) is 17.4 Å². The number of carbonyl (C=O) groups excluding carboxylic acids is 2. The number of benzene rings is 1. The number of piperazine rings is 1. The van der Waals surface area contributed by atoms with Crippen LogP contribution in [0.3, 0.4) is 0 Å². The van der Waals surface area contributed by atoms with Gasteiger partial charge in [-0.05, 0) is 24.6 Å². The first-order valence-electron chi connectivity index (χ1n) is 13.7. The van der Waals surface area contributed by atoms with Crippen LogP contribution in [-0.4, -0.2) is 94.1 Å². The van der Waals surface area contributed by atoms with E-state index in [1.165, 1.54) is 4.88 Å². The van der Waals surface area contributed by atoms with Crippen molar-refractivity contribution >= 4 is 50.0 Å². The Morgan fingerprint density at radius 1 is 1.07 bits per heavy atom. The van der Waals surface area contributed by atoms with Crippen LogP contribution in [0.4, 0.5) is 5.82 Å². The highest BCUT2D eigenvalue weighted by atomic mass is 32.1. The molecular formula is C29H33N7O3S. The van der Waals surface area contributed by atoms with Crippen molar-refractivity contribution in [3.63, 3.8) is 0 Å². The van der Waals surface area contributed by atoms with E-state index in [-0.39, 0.29) is 24.5 Å². The molecule has 40 heavy (non-hydrogen) atoms. The van der Waals surface area contributed by atoms with Gasteiger partial charge in [-0.1, -0.05) is 18.7 Å². The Hall–Kier alpha value is -3.67. The van der Waals surface area contributed by atoms with Crippen molar-refractivity contribution in [3.05, 3.63) is 47.5 Å². The van der Waals surface area contributed by atoms with Crippen LogP contribution < -0.4 is 4.90 Å². The number of ether oxygens (including phenoxy) is 1. The van der Waals surface area contributed by atoms with E-state index in [1.807, 2.05) is 29.3 Å². The zero-order valence-corrected chi connectivity index (χ0v) is 23.5. The summed E-state index contributed by atoms with van der Waals surface area (Å²) in [7, 11) is 0. The molecule has 0 saturated carbocycles. The van der Waals surface area contributed by atoms with Gasteiger partial charge in [0.1, 0.15) is 0 Å². The minimum Gasteiger partial charge on any atom is -0.378 e. The molecule has 10 nitrogen and oxygen atoms in total. The Morgan fingerprint density at radius 2 is 1.88 bits per heavy atom. The molecule has 0 radical (unpaired) electrons. The number of hydrogen-bond acceptors (Lipinski definition) is 9. The number of amides is 1. The number of aromatic amines is 1. The second-order valence-electron chi connectivity index (χ2n) is 10.4. The number of morpholine rings is 1. The van der Waals surface area contributed by atoms with E-state index in [4.69, 9.17) is 14.7 Å². The second-order valence-corrected chi connectivity index (χ2v) is 11.5. The number of nitrogens with zero attached hydrogens (tertiary/aromatic N) is 6. The van der Waals surface area contributed by atoms with Gasteiger partial charge < -0.3 is 14.5 Å². The fourth-order valence-corrected chi connectivity index (χ4v) is 6.44. The van der Waals surface area contributed by atoms with E-state index in [2.05, 4.69) is 32.6 Å². The molecule has 1 aromatic carbocycles. The number of anilines is 1. The number of aromatic nitrogens is 4. The van der Waals surface area contributed by atoms with Crippen molar-refractivity contribution < 1.29 is 14.3 Å². The normalized spacial score (nSPS) is 16.6. The molecule has 2 aliphatic heterocycles. The van der Waals surface area contributed by atoms with E-state index in [0.717, 1.165) is 65.2 Å². The fraction of sp³-hybridized carbons (Fsp3) is 0.414. The molecule has 2 fully saturated rings. The highest BCUT2D eigenvalue weighted by Crippen LogP contribution is 2.36. The molecule has 2 aliphatic rings. The van der Waals surface area contributed by atoms with Crippen molar-refractivity contribution in [2.75, 3.05) is 57.4 Å².